The molecule has 1 heterocycles. The number of nitrogens with one attached hydrogen (secondary N) is 2. The average molecular weight is 399 g/mol. The Morgan fingerprint density at radius 3 is 2.86 bits per heavy atom. The monoisotopic (exact) mass is 399 g/mol. The topological polar surface area (TPSA) is 101 Å². The standard InChI is InChI=1S/C20H21N3O4S/c1-12-6-8-15-16(10-12)28-20(18(15)19(25)21-2)22-17(24)9-7-13-4-3-5-14(11-13)23(26)27/h3-5,7,9,11-12H,6,8,10H2,1-2H3,(H,21,25)(H,22,24)/b9-7+. The normalized spacial score (nSPS) is 15.9. The maximum absolute atomic E-state index is 12.4. The second-order valence-corrected chi connectivity index (χ2v) is 7.91. The summed E-state index contributed by atoms with van der Waals surface area (Å²) in [6, 6.07) is 6.03. The van der Waals surface area contributed by atoms with Crippen molar-refractivity contribution < 1.29 is 14.5 Å². The molecule has 3 rings (SSSR count). The third-order valence-corrected chi connectivity index (χ3v) is 5.88. The number of nitro groups is 1. The fourth-order valence-electron chi connectivity index (χ4n) is 3.27. The number of thiophene rings is 1. The van der Waals surface area contributed by atoms with Gasteiger partial charge in [-0.3, -0.25) is 19.7 Å². The van der Waals surface area contributed by atoms with E-state index in [1.807, 2.05) is 0 Å². The largest absolute Gasteiger partial charge is 0.355 e. The van der Waals surface area contributed by atoms with Crippen LogP contribution in [0.2, 0.25) is 0 Å². The minimum absolute atomic E-state index is 0.0375. The molecule has 2 amide bonds. The molecule has 0 spiro atoms. The average Bonchev–Trinajstić information content (AvgIpc) is 3.02. The zero-order chi connectivity index (χ0) is 20.3. The molecule has 146 valence electrons. The van der Waals surface area contributed by atoms with E-state index in [-0.39, 0.29) is 17.5 Å². The molecule has 0 saturated heterocycles. The Morgan fingerprint density at radius 1 is 1.36 bits per heavy atom. The van der Waals surface area contributed by atoms with Gasteiger partial charge in [0.05, 0.1) is 10.5 Å². The Kier molecular flexibility index (Phi) is 5.89. The van der Waals surface area contributed by atoms with Gasteiger partial charge in [-0.15, -0.1) is 11.3 Å². The van der Waals surface area contributed by atoms with Gasteiger partial charge in [-0.2, -0.15) is 0 Å². The number of fused-ring (bicyclic) bond motifs is 1. The predicted octanol–water partition coefficient (Wildman–Crippen LogP) is 3.79. The van der Waals surface area contributed by atoms with Gasteiger partial charge in [-0.25, -0.2) is 0 Å². The summed E-state index contributed by atoms with van der Waals surface area (Å²) in [6.45, 7) is 2.18. The molecule has 7 nitrogen and oxygen atoms in total. The number of carbonyl (C=O) groups is 2. The quantitative estimate of drug-likeness (QED) is 0.454. The Labute approximate surface area is 166 Å². The van der Waals surface area contributed by atoms with Gasteiger partial charge in [0.15, 0.2) is 0 Å². The van der Waals surface area contributed by atoms with Crippen LogP contribution in [-0.2, 0) is 17.6 Å². The third-order valence-electron chi connectivity index (χ3n) is 4.71. The number of benzene rings is 1. The summed E-state index contributed by atoms with van der Waals surface area (Å²) in [5, 5.41) is 16.9. The summed E-state index contributed by atoms with van der Waals surface area (Å²) in [6.07, 6.45) is 5.58. The summed E-state index contributed by atoms with van der Waals surface area (Å²) in [7, 11) is 1.58. The first-order valence-corrected chi connectivity index (χ1v) is 9.80. The van der Waals surface area contributed by atoms with Gasteiger partial charge in [0, 0.05) is 30.1 Å². The number of rotatable bonds is 5. The van der Waals surface area contributed by atoms with Crippen molar-refractivity contribution in [2.75, 3.05) is 12.4 Å². The van der Waals surface area contributed by atoms with E-state index in [0.717, 1.165) is 29.7 Å². The van der Waals surface area contributed by atoms with Gasteiger partial charge in [-0.05, 0) is 42.4 Å². The molecule has 1 aromatic heterocycles. The van der Waals surface area contributed by atoms with Crippen molar-refractivity contribution in [3.05, 3.63) is 62.0 Å². The van der Waals surface area contributed by atoms with Gasteiger partial charge in [0.1, 0.15) is 5.00 Å². The molecule has 0 radical (unpaired) electrons. The Hall–Kier alpha value is -3.00. The smallest absolute Gasteiger partial charge is 0.270 e. The van der Waals surface area contributed by atoms with Crippen LogP contribution in [0.4, 0.5) is 10.7 Å². The predicted molar refractivity (Wildman–Crippen MR) is 110 cm³/mol. The van der Waals surface area contributed by atoms with Crippen LogP contribution in [0, 0.1) is 16.0 Å². The molecular formula is C20H21N3O4S. The number of non-ortho nitro benzene ring substituents is 1. The van der Waals surface area contributed by atoms with Gasteiger partial charge >= 0.3 is 0 Å². The summed E-state index contributed by atoms with van der Waals surface area (Å²) < 4.78 is 0. The Bertz CT molecular complexity index is 964. The minimum Gasteiger partial charge on any atom is -0.355 e. The molecule has 0 aliphatic heterocycles. The zero-order valence-electron chi connectivity index (χ0n) is 15.7. The van der Waals surface area contributed by atoms with E-state index in [0.29, 0.717) is 22.0 Å². The maximum atomic E-state index is 12.4. The molecule has 1 aliphatic carbocycles. The highest BCUT2D eigenvalue weighted by atomic mass is 32.1. The van der Waals surface area contributed by atoms with E-state index in [2.05, 4.69) is 17.6 Å². The van der Waals surface area contributed by atoms with Crippen molar-refractivity contribution in [3.63, 3.8) is 0 Å². The first-order chi connectivity index (χ1) is 13.4. The molecule has 0 fully saturated rings. The SMILES string of the molecule is CNC(=O)c1c(NC(=O)/C=C/c2cccc([N+](=O)[O-])c2)sc2c1CCC(C)C2. The number of nitrogens with zero attached hydrogens (tertiary/aromatic N) is 1. The fourth-order valence-corrected chi connectivity index (χ4v) is 4.68. The summed E-state index contributed by atoms with van der Waals surface area (Å²) in [5.41, 5.74) is 2.09. The highest BCUT2D eigenvalue weighted by Crippen LogP contribution is 2.39. The molecule has 2 aromatic rings. The molecule has 0 bridgehead atoms. The highest BCUT2D eigenvalue weighted by molar-refractivity contribution is 7.17. The molecule has 2 N–H and O–H groups in total. The van der Waals surface area contributed by atoms with Crippen LogP contribution in [0.5, 0.6) is 0 Å². The number of hydrogen-bond donors (Lipinski definition) is 2. The van der Waals surface area contributed by atoms with E-state index in [9.17, 15) is 19.7 Å². The second kappa shape index (κ2) is 8.35. The number of hydrogen-bond acceptors (Lipinski definition) is 5. The van der Waals surface area contributed by atoms with Gasteiger partial charge in [0.25, 0.3) is 11.6 Å². The molecule has 1 aromatic carbocycles. The molecule has 28 heavy (non-hydrogen) atoms. The van der Waals surface area contributed by atoms with Crippen molar-refractivity contribution in [2.45, 2.75) is 26.2 Å². The van der Waals surface area contributed by atoms with E-state index in [1.165, 1.54) is 35.6 Å². The van der Waals surface area contributed by atoms with Crippen LogP contribution >= 0.6 is 11.3 Å². The fraction of sp³-hybridized carbons (Fsp3) is 0.300. The first-order valence-electron chi connectivity index (χ1n) is 8.99. The van der Waals surface area contributed by atoms with Crippen molar-refractivity contribution in [3.8, 4) is 0 Å². The van der Waals surface area contributed by atoms with Crippen molar-refractivity contribution in [1.29, 1.82) is 0 Å². The molecule has 0 saturated carbocycles. The maximum Gasteiger partial charge on any atom is 0.270 e. The minimum atomic E-state index is -0.482. The zero-order valence-corrected chi connectivity index (χ0v) is 16.5. The summed E-state index contributed by atoms with van der Waals surface area (Å²) in [5.74, 6) is -0.0330. The van der Waals surface area contributed by atoms with Crippen LogP contribution in [0.15, 0.2) is 30.3 Å². The first kappa shape index (κ1) is 19.8. The number of carbonyl (C=O) groups excluding carboxylic acids is 2. The van der Waals surface area contributed by atoms with E-state index < -0.39 is 4.92 Å². The molecule has 1 aliphatic rings. The number of amides is 2. The number of anilines is 1. The number of nitro benzene ring substituents is 1. The lowest BCUT2D eigenvalue weighted by molar-refractivity contribution is -0.384. The Morgan fingerprint density at radius 2 is 2.14 bits per heavy atom. The van der Waals surface area contributed by atoms with Crippen LogP contribution in [0.3, 0.4) is 0 Å². The lowest BCUT2D eigenvalue weighted by Crippen LogP contribution is -2.22. The van der Waals surface area contributed by atoms with Crippen LogP contribution < -0.4 is 10.6 Å². The second-order valence-electron chi connectivity index (χ2n) is 6.81. The molecule has 8 heteroatoms. The van der Waals surface area contributed by atoms with E-state index in [4.69, 9.17) is 0 Å². The van der Waals surface area contributed by atoms with Gasteiger partial charge < -0.3 is 10.6 Å². The van der Waals surface area contributed by atoms with Crippen molar-refractivity contribution in [1.82, 2.24) is 5.32 Å². The molecule has 1 atom stereocenters. The van der Waals surface area contributed by atoms with Crippen LogP contribution in [0.25, 0.3) is 6.08 Å². The van der Waals surface area contributed by atoms with Gasteiger partial charge in [-0.1, -0.05) is 19.1 Å². The van der Waals surface area contributed by atoms with Gasteiger partial charge in [0.2, 0.25) is 5.91 Å². The van der Waals surface area contributed by atoms with E-state index in [1.54, 1.807) is 19.2 Å². The third kappa shape index (κ3) is 4.28. The van der Waals surface area contributed by atoms with Crippen molar-refractivity contribution >= 4 is 39.9 Å². The Balaban J connectivity index is 1.81. The van der Waals surface area contributed by atoms with Crippen LogP contribution in [-0.4, -0.2) is 23.8 Å². The van der Waals surface area contributed by atoms with Crippen LogP contribution in [0.1, 0.15) is 39.7 Å². The van der Waals surface area contributed by atoms with E-state index >= 15 is 0 Å². The molecule has 1 unspecified atom stereocenters. The molecular weight excluding hydrogens is 378 g/mol. The summed E-state index contributed by atoms with van der Waals surface area (Å²) in [4.78, 5) is 36.3. The lowest BCUT2D eigenvalue weighted by atomic mass is 9.88. The highest BCUT2D eigenvalue weighted by Gasteiger charge is 2.27. The lowest BCUT2D eigenvalue weighted by Gasteiger charge is -2.18. The van der Waals surface area contributed by atoms with Crippen molar-refractivity contribution in [2.24, 2.45) is 5.92 Å². The summed E-state index contributed by atoms with van der Waals surface area (Å²) >= 11 is 1.45.